The molecule has 0 fully saturated rings. The Hall–Kier alpha value is -1.69. The van der Waals surface area contributed by atoms with Crippen molar-refractivity contribution in [2.24, 2.45) is 5.73 Å². The molecule has 0 aromatic carbocycles. The largest absolute Gasteiger partial charge is 0.389 e. The number of nitrogens with zero attached hydrogens (tertiary/aromatic N) is 2. The van der Waals surface area contributed by atoms with Crippen molar-refractivity contribution in [1.29, 1.82) is 0 Å². The fourth-order valence-corrected chi connectivity index (χ4v) is 2.79. The average Bonchev–Trinajstić information content (AvgIpc) is 2.45. The number of amides is 1. The van der Waals surface area contributed by atoms with Crippen molar-refractivity contribution in [2.75, 3.05) is 25.0 Å². The molecule has 3 N–H and O–H groups in total. The summed E-state index contributed by atoms with van der Waals surface area (Å²) in [6.07, 6.45) is 4.35. The van der Waals surface area contributed by atoms with Crippen molar-refractivity contribution >= 4 is 28.9 Å². The standard InChI is InChI=1S/C15H22N4OS/c1-3-17-13(20)9-19(2)15-11(14(16)21)8-10-6-4-5-7-12(10)18-15/h8H,3-7,9H2,1-2H3,(H2,16,21)(H,17,20). The first-order chi connectivity index (χ1) is 10.0. The number of carbonyl (C=O) groups is 1. The monoisotopic (exact) mass is 306 g/mol. The molecule has 0 unspecified atom stereocenters. The number of aryl methyl sites for hydroxylation is 2. The third-order valence-electron chi connectivity index (χ3n) is 3.66. The fourth-order valence-electron chi connectivity index (χ4n) is 2.64. The molecule has 2 rings (SSSR count). The molecule has 1 heterocycles. The molecule has 0 spiro atoms. The molecule has 0 atom stereocenters. The molecule has 0 saturated heterocycles. The van der Waals surface area contributed by atoms with Gasteiger partial charge in [0.05, 0.1) is 12.1 Å². The number of pyridine rings is 1. The van der Waals surface area contributed by atoms with Crippen LogP contribution in [-0.2, 0) is 17.6 Å². The molecule has 1 aliphatic carbocycles. The number of hydrogen-bond donors (Lipinski definition) is 2. The molecule has 1 amide bonds. The molecule has 21 heavy (non-hydrogen) atoms. The zero-order chi connectivity index (χ0) is 15.4. The lowest BCUT2D eigenvalue weighted by Crippen LogP contribution is -2.36. The molecule has 5 nitrogen and oxygen atoms in total. The zero-order valence-electron chi connectivity index (χ0n) is 12.6. The van der Waals surface area contributed by atoms with Gasteiger partial charge in [-0.25, -0.2) is 4.98 Å². The highest BCUT2D eigenvalue weighted by Gasteiger charge is 2.19. The first-order valence-corrected chi connectivity index (χ1v) is 7.74. The Morgan fingerprint density at radius 2 is 2.19 bits per heavy atom. The summed E-state index contributed by atoms with van der Waals surface area (Å²) in [6.45, 7) is 2.76. The number of hydrogen-bond acceptors (Lipinski definition) is 4. The van der Waals surface area contributed by atoms with Gasteiger partial charge in [0.2, 0.25) is 5.91 Å². The van der Waals surface area contributed by atoms with Crippen LogP contribution in [0.25, 0.3) is 0 Å². The van der Waals surface area contributed by atoms with E-state index in [4.69, 9.17) is 22.9 Å². The number of nitrogens with two attached hydrogens (primary N) is 1. The summed E-state index contributed by atoms with van der Waals surface area (Å²) in [5.74, 6) is 0.669. The van der Waals surface area contributed by atoms with Gasteiger partial charge in [-0.2, -0.15) is 0 Å². The van der Waals surface area contributed by atoms with E-state index in [1.54, 1.807) is 0 Å². The number of nitrogens with one attached hydrogen (secondary N) is 1. The van der Waals surface area contributed by atoms with E-state index < -0.39 is 0 Å². The summed E-state index contributed by atoms with van der Waals surface area (Å²) in [4.78, 5) is 18.6. The molecule has 0 aliphatic heterocycles. The lowest BCUT2D eigenvalue weighted by atomic mass is 9.94. The molecule has 1 aromatic heterocycles. The van der Waals surface area contributed by atoms with E-state index in [1.165, 1.54) is 12.0 Å². The van der Waals surface area contributed by atoms with Gasteiger partial charge >= 0.3 is 0 Å². The van der Waals surface area contributed by atoms with E-state index in [2.05, 4.69) is 5.32 Å². The second-order valence-electron chi connectivity index (χ2n) is 5.35. The highest BCUT2D eigenvalue weighted by atomic mass is 32.1. The topological polar surface area (TPSA) is 71.2 Å². The highest BCUT2D eigenvalue weighted by Crippen LogP contribution is 2.26. The maximum atomic E-state index is 11.8. The predicted molar refractivity (Wildman–Crippen MR) is 88.7 cm³/mol. The van der Waals surface area contributed by atoms with Gasteiger partial charge in [-0.1, -0.05) is 12.2 Å². The zero-order valence-corrected chi connectivity index (χ0v) is 13.4. The molecular formula is C15H22N4OS. The summed E-state index contributed by atoms with van der Waals surface area (Å²) in [7, 11) is 1.84. The number of carbonyl (C=O) groups excluding carboxylic acids is 1. The third kappa shape index (κ3) is 3.69. The van der Waals surface area contributed by atoms with Crippen LogP contribution in [0.1, 0.15) is 36.6 Å². The smallest absolute Gasteiger partial charge is 0.239 e. The van der Waals surface area contributed by atoms with Crippen LogP contribution in [0.3, 0.4) is 0 Å². The van der Waals surface area contributed by atoms with E-state index in [1.807, 2.05) is 24.9 Å². The number of rotatable bonds is 5. The van der Waals surface area contributed by atoms with Crippen LogP contribution in [-0.4, -0.2) is 36.0 Å². The summed E-state index contributed by atoms with van der Waals surface area (Å²) in [5.41, 5.74) is 8.95. The Bertz CT molecular complexity index is 559. The van der Waals surface area contributed by atoms with Gasteiger partial charge in [0, 0.05) is 19.3 Å². The minimum atomic E-state index is -0.0339. The molecule has 1 aromatic rings. The maximum Gasteiger partial charge on any atom is 0.239 e. The van der Waals surface area contributed by atoms with Gasteiger partial charge in [0.15, 0.2) is 0 Å². The van der Waals surface area contributed by atoms with E-state index in [-0.39, 0.29) is 12.5 Å². The van der Waals surface area contributed by atoms with Crippen molar-refractivity contribution in [3.63, 3.8) is 0 Å². The molecule has 114 valence electrons. The molecule has 1 aliphatic rings. The van der Waals surface area contributed by atoms with Crippen LogP contribution in [0.4, 0.5) is 5.82 Å². The SMILES string of the molecule is CCNC(=O)CN(C)c1nc2c(cc1C(N)=S)CCCC2. The van der Waals surface area contributed by atoms with Crippen LogP contribution in [0.5, 0.6) is 0 Å². The van der Waals surface area contributed by atoms with Gasteiger partial charge in [-0.3, -0.25) is 4.79 Å². The quantitative estimate of drug-likeness (QED) is 0.799. The van der Waals surface area contributed by atoms with Crippen molar-refractivity contribution in [1.82, 2.24) is 10.3 Å². The van der Waals surface area contributed by atoms with Crippen LogP contribution < -0.4 is 16.0 Å². The van der Waals surface area contributed by atoms with Gasteiger partial charge in [-0.15, -0.1) is 0 Å². The lowest BCUT2D eigenvalue weighted by molar-refractivity contribution is -0.119. The summed E-state index contributed by atoms with van der Waals surface area (Å²) in [5, 5.41) is 2.78. The lowest BCUT2D eigenvalue weighted by Gasteiger charge is -2.24. The summed E-state index contributed by atoms with van der Waals surface area (Å²) in [6, 6.07) is 2.05. The van der Waals surface area contributed by atoms with E-state index >= 15 is 0 Å². The number of aromatic nitrogens is 1. The number of likely N-dealkylation sites (N-methyl/N-ethyl adjacent to an activating group) is 2. The van der Waals surface area contributed by atoms with E-state index in [0.717, 1.165) is 30.5 Å². The van der Waals surface area contributed by atoms with Crippen LogP contribution in [0.15, 0.2) is 6.07 Å². The minimum absolute atomic E-state index is 0.0339. The molecule has 6 heteroatoms. The number of fused-ring (bicyclic) bond motifs is 1. The maximum absolute atomic E-state index is 11.8. The first-order valence-electron chi connectivity index (χ1n) is 7.33. The van der Waals surface area contributed by atoms with Crippen molar-refractivity contribution < 1.29 is 4.79 Å². The van der Waals surface area contributed by atoms with Crippen molar-refractivity contribution in [2.45, 2.75) is 32.6 Å². The van der Waals surface area contributed by atoms with Crippen molar-refractivity contribution in [3.05, 3.63) is 22.9 Å². The van der Waals surface area contributed by atoms with Crippen LogP contribution in [0, 0.1) is 0 Å². The molecule has 0 bridgehead atoms. The highest BCUT2D eigenvalue weighted by molar-refractivity contribution is 7.80. The summed E-state index contributed by atoms with van der Waals surface area (Å²) >= 11 is 5.15. The van der Waals surface area contributed by atoms with Gasteiger partial charge in [0.25, 0.3) is 0 Å². The Morgan fingerprint density at radius 3 is 2.86 bits per heavy atom. The van der Waals surface area contributed by atoms with Crippen LogP contribution in [0.2, 0.25) is 0 Å². The Morgan fingerprint density at radius 1 is 1.48 bits per heavy atom. The fraction of sp³-hybridized carbons (Fsp3) is 0.533. The normalized spacial score (nSPS) is 13.4. The van der Waals surface area contributed by atoms with Gasteiger partial charge < -0.3 is 16.0 Å². The predicted octanol–water partition coefficient (Wildman–Crippen LogP) is 1.17. The van der Waals surface area contributed by atoms with Crippen molar-refractivity contribution in [3.8, 4) is 0 Å². The van der Waals surface area contributed by atoms with E-state index in [0.29, 0.717) is 17.4 Å². The molecular weight excluding hydrogens is 284 g/mol. The second kappa shape index (κ2) is 6.85. The number of anilines is 1. The number of thiocarbonyl (C=S) groups is 1. The third-order valence-corrected chi connectivity index (χ3v) is 3.88. The second-order valence-corrected chi connectivity index (χ2v) is 5.79. The Labute approximate surface area is 130 Å². The Balaban J connectivity index is 2.32. The molecule has 0 saturated carbocycles. The van der Waals surface area contributed by atoms with Gasteiger partial charge in [0.1, 0.15) is 10.8 Å². The minimum Gasteiger partial charge on any atom is -0.389 e. The van der Waals surface area contributed by atoms with Gasteiger partial charge in [-0.05, 0) is 44.2 Å². The first kappa shape index (κ1) is 15.7. The van der Waals surface area contributed by atoms with Crippen LogP contribution >= 0.6 is 12.2 Å². The van der Waals surface area contributed by atoms with E-state index in [9.17, 15) is 4.79 Å². The Kier molecular flexibility index (Phi) is 5.12. The molecule has 0 radical (unpaired) electrons. The summed E-state index contributed by atoms with van der Waals surface area (Å²) < 4.78 is 0. The average molecular weight is 306 g/mol.